The molecule has 0 aliphatic carbocycles. The third-order valence-electron chi connectivity index (χ3n) is 3.19. The van der Waals surface area contributed by atoms with Gasteiger partial charge in [-0.25, -0.2) is 9.37 Å². The quantitative estimate of drug-likeness (QED) is 0.921. The first kappa shape index (κ1) is 13.5. The normalized spacial score (nSPS) is 12.6. The van der Waals surface area contributed by atoms with Crippen LogP contribution in [0.4, 0.5) is 4.39 Å². The van der Waals surface area contributed by atoms with E-state index in [1.54, 1.807) is 6.07 Å². The number of nitrogens with zero attached hydrogens (tertiary/aromatic N) is 2. The maximum absolute atomic E-state index is 13.3. The third kappa shape index (κ3) is 2.59. The molecule has 2 rings (SSSR count). The second-order valence-corrected chi connectivity index (χ2v) is 4.62. The molecule has 2 heterocycles. The summed E-state index contributed by atoms with van der Waals surface area (Å²) >= 11 is 0. The highest BCUT2D eigenvalue weighted by Gasteiger charge is 2.19. The summed E-state index contributed by atoms with van der Waals surface area (Å²) in [4.78, 5) is 16.6. The molecule has 1 atom stereocenters. The van der Waals surface area contributed by atoms with Gasteiger partial charge >= 0.3 is 0 Å². The van der Waals surface area contributed by atoms with Gasteiger partial charge in [-0.05, 0) is 31.9 Å². The van der Waals surface area contributed by atoms with Crippen molar-refractivity contribution >= 4 is 11.6 Å². The molecule has 5 heteroatoms. The molecule has 1 amide bonds. The molecule has 0 saturated heterocycles. The van der Waals surface area contributed by atoms with Crippen molar-refractivity contribution in [3.63, 3.8) is 0 Å². The summed E-state index contributed by atoms with van der Waals surface area (Å²) < 4.78 is 14.9. The molecule has 2 aromatic heterocycles. The van der Waals surface area contributed by atoms with Crippen LogP contribution in [0.25, 0.3) is 5.65 Å². The summed E-state index contributed by atoms with van der Waals surface area (Å²) in [7, 11) is 0. The van der Waals surface area contributed by atoms with Gasteiger partial charge in [-0.3, -0.25) is 9.20 Å². The van der Waals surface area contributed by atoms with Gasteiger partial charge in [-0.1, -0.05) is 13.8 Å². The van der Waals surface area contributed by atoms with Crippen molar-refractivity contribution in [2.45, 2.75) is 39.7 Å². The Bertz CT molecular complexity index is 606. The molecule has 19 heavy (non-hydrogen) atoms. The molecule has 0 fully saturated rings. The van der Waals surface area contributed by atoms with Crippen molar-refractivity contribution in [2.75, 3.05) is 0 Å². The van der Waals surface area contributed by atoms with Crippen molar-refractivity contribution < 1.29 is 9.18 Å². The molecular weight excluding hydrogens is 245 g/mol. The lowest BCUT2D eigenvalue weighted by Crippen LogP contribution is -2.33. The van der Waals surface area contributed by atoms with Crippen LogP contribution in [0.2, 0.25) is 0 Å². The van der Waals surface area contributed by atoms with Crippen molar-refractivity contribution in [2.24, 2.45) is 0 Å². The van der Waals surface area contributed by atoms with Crippen LogP contribution in [0.1, 0.15) is 43.4 Å². The van der Waals surface area contributed by atoms with Gasteiger partial charge < -0.3 is 5.32 Å². The topological polar surface area (TPSA) is 46.4 Å². The fraction of sp³-hybridized carbons (Fsp3) is 0.429. The number of amides is 1. The van der Waals surface area contributed by atoms with Gasteiger partial charge in [0.1, 0.15) is 17.2 Å². The lowest BCUT2D eigenvalue weighted by Gasteiger charge is -2.11. The fourth-order valence-electron chi connectivity index (χ4n) is 1.95. The smallest absolute Gasteiger partial charge is 0.270 e. The van der Waals surface area contributed by atoms with E-state index < -0.39 is 0 Å². The van der Waals surface area contributed by atoms with Crippen molar-refractivity contribution in [3.05, 3.63) is 35.5 Å². The average molecular weight is 263 g/mol. The molecule has 0 saturated carbocycles. The number of aryl methyl sites for hydroxylation is 1. The van der Waals surface area contributed by atoms with E-state index in [0.717, 1.165) is 6.42 Å². The summed E-state index contributed by atoms with van der Waals surface area (Å²) in [6.45, 7) is 5.87. The fourth-order valence-corrected chi connectivity index (χ4v) is 1.95. The molecule has 0 spiro atoms. The Morgan fingerprint density at radius 2 is 2.21 bits per heavy atom. The molecule has 0 aliphatic rings. The Kier molecular flexibility index (Phi) is 3.83. The number of nitrogens with one attached hydrogen (secondary N) is 1. The Morgan fingerprint density at radius 1 is 1.47 bits per heavy atom. The summed E-state index contributed by atoms with van der Waals surface area (Å²) in [6.07, 6.45) is 2.78. The van der Waals surface area contributed by atoms with E-state index in [0.29, 0.717) is 23.5 Å². The predicted octanol–water partition coefficient (Wildman–Crippen LogP) is 2.56. The van der Waals surface area contributed by atoms with Crippen molar-refractivity contribution in [1.82, 2.24) is 14.7 Å². The summed E-state index contributed by atoms with van der Waals surface area (Å²) in [5.41, 5.74) is 1.70. The molecule has 0 bridgehead atoms. The predicted molar refractivity (Wildman–Crippen MR) is 71.7 cm³/mol. The lowest BCUT2D eigenvalue weighted by atomic mass is 10.2. The highest BCUT2D eigenvalue weighted by Crippen LogP contribution is 2.15. The van der Waals surface area contributed by atoms with E-state index in [1.807, 2.05) is 20.8 Å². The van der Waals surface area contributed by atoms with Crippen LogP contribution in [0.15, 0.2) is 18.3 Å². The first-order chi connectivity index (χ1) is 9.06. The molecule has 0 aromatic carbocycles. The summed E-state index contributed by atoms with van der Waals surface area (Å²) in [6, 6.07) is 3.00. The zero-order valence-electron chi connectivity index (χ0n) is 11.4. The number of hydrogen-bond acceptors (Lipinski definition) is 2. The number of imidazole rings is 1. The standard InChI is InChI=1S/C14H18FN3O/c1-4-9(3)16-14(19)13-11(5-2)17-12-7-6-10(15)8-18(12)13/h6-9H,4-5H2,1-3H3,(H,16,19). The van der Waals surface area contributed by atoms with E-state index in [9.17, 15) is 9.18 Å². The maximum atomic E-state index is 13.3. The highest BCUT2D eigenvalue weighted by molar-refractivity contribution is 5.94. The zero-order chi connectivity index (χ0) is 14.0. The third-order valence-corrected chi connectivity index (χ3v) is 3.19. The van der Waals surface area contributed by atoms with Gasteiger partial charge in [0.2, 0.25) is 0 Å². The zero-order valence-corrected chi connectivity index (χ0v) is 11.4. The molecule has 4 nitrogen and oxygen atoms in total. The van der Waals surface area contributed by atoms with Gasteiger partial charge in [-0.15, -0.1) is 0 Å². The molecule has 2 aromatic rings. The van der Waals surface area contributed by atoms with Gasteiger partial charge in [-0.2, -0.15) is 0 Å². The van der Waals surface area contributed by atoms with Crippen LogP contribution < -0.4 is 5.32 Å². The highest BCUT2D eigenvalue weighted by atomic mass is 19.1. The minimum atomic E-state index is -0.384. The second kappa shape index (κ2) is 5.38. The van der Waals surface area contributed by atoms with Crippen LogP contribution in [-0.4, -0.2) is 21.3 Å². The molecular formula is C14H18FN3O. The van der Waals surface area contributed by atoms with E-state index in [-0.39, 0.29) is 17.8 Å². The number of halogens is 1. The van der Waals surface area contributed by atoms with Crippen LogP contribution in [0.3, 0.4) is 0 Å². The molecule has 0 radical (unpaired) electrons. The van der Waals surface area contributed by atoms with E-state index in [2.05, 4.69) is 10.3 Å². The first-order valence-electron chi connectivity index (χ1n) is 6.54. The Labute approximate surface area is 111 Å². The number of fused-ring (bicyclic) bond motifs is 1. The van der Waals surface area contributed by atoms with Gasteiger partial charge in [0.25, 0.3) is 5.91 Å². The Hall–Kier alpha value is -1.91. The van der Waals surface area contributed by atoms with Crippen LogP contribution in [0.5, 0.6) is 0 Å². The van der Waals surface area contributed by atoms with Crippen LogP contribution in [0, 0.1) is 5.82 Å². The Morgan fingerprint density at radius 3 is 2.84 bits per heavy atom. The van der Waals surface area contributed by atoms with Gasteiger partial charge in [0.15, 0.2) is 0 Å². The molecule has 0 aliphatic heterocycles. The number of carbonyl (C=O) groups excluding carboxylic acids is 1. The first-order valence-corrected chi connectivity index (χ1v) is 6.54. The monoisotopic (exact) mass is 263 g/mol. The number of hydrogen-bond donors (Lipinski definition) is 1. The number of carbonyl (C=O) groups is 1. The number of pyridine rings is 1. The van der Waals surface area contributed by atoms with E-state index in [1.165, 1.54) is 16.7 Å². The Balaban J connectivity index is 2.50. The van der Waals surface area contributed by atoms with Gasteiger partial charge in [0.05, 0.1) is 5.69 Å². The van der Waals surface area contributed by atoms with Crippen LogP contribution >= 0.6 is 0 Å². The van der Waals surface area contributed by atoms with Crippen molar-refractivity contribution in [3.8, 4) is 0 Å². The minimum absolute atomic E-state index is 0.0799. The van der Waals surface area contributed by atoms with Gasteiger partial charge in [0, 0.05) is 12.2 Å². The van der Waals surface area contributed by atoms with E-state index in [4.69, 9.17) is 0 Å². The molecule has 1 N–H and O–H groups in total. The second-order valence-electron chi connectivity index (χ2n) is 4.62. The van der Waals surface area contributed by atoms with E-state index >= 15 is 0 Å². The average Bonchev–Trinajstić information content (AvgIpc) is 2.76. The number of aromatic nitrogens is 2. The maximum Gasteiger partial charge on any atom is 0.270 e. The number of rotatable bonds is 4. The molecule has 102 valence electrons. The summed E-state index contributed by atoms with van der Waals surface area (Å²) in [5.74, 6) is -0.588. The largest absolute Gasteiger partial charge is 0.348 e. The van der Waals surface area contributed by atoms with Crippen molar-refractivity contribution in [1.29, 1.82) is 0 Å². The summed E-state index contributed by atoms with van der Waals surface area (Å²) in [5, 5.41) is 2.90. The minimum Gasteiger partial charge on any atom is -0.348 e. The molecule has 1 unspecified atom stereocenters. The SMILES string of the molecule is CCc1nc2ccc(F)cn2c1C(=O)NC(C)CC. The van der Waals surface area contributed by atoms with Crippen LogP contribution in [-0.2, 0) is 6.42 Å². The lowest BCUT2D eigenvalue weighted by molar-refractivity contribution is 0.0932.